The second kappa shape index (κ2) is 6.06. The van der Waals surface area contributed by atoms with Gasteiger partial charge < -0.3 is 10.6 Å². The Hall–Kier alpha value is -3.14. The molecule has 0 spiro atoms. The van der Waals surface area contributed by atoms with Gasteiger partial charge in [-0.3, -0.25) is 9.59 Å². The second-order valence-corrected chi connectivity index (χ2v) is 6.39. The zero-order chi connectivity index (χ0) is 17.4. The Morgan fingerprint density at radius 3 is 2.32 bits per heavy atom. The van der Waals surface area contributed by atoms with E-state index in [0.29, 0.717) is 18.5 Å². The van der Waals surface area contributed by atoms with Crippen LogP contribution in [0.4, 0.5) is 0 Å². The third-order valence-electron chi connectivity index (χ3n) is 4.83. The first kappa shape index (κ1) is 15.4. The Labute approximate surface area is 145 Å². The third kappa shape index (κ3) is 2.76. The van der Waals surface area contributed by atoms with Crippen LogP contribution in [0.5, 0.6) is 0 Å². The number of nitrogens with zero attached hydrogens (tertiary/aromatic N) is 1. The van der Waals surface area contributed by atoms with Crippen LogP contribution < -0.4 is 5.73 Å². The maximum Gasteiger partial charge on any atom is 0.254 e. The molecule has 0 radical (unpaired) electrons. The zero-order valence-electron chi connectivity index (χ0n) is 13.7. The van der Waals surface area contributed by atoms with Gasteiger partial charge in [-0.25, -0.2) is 0 Å². The molecule has 0 saturated heterocycles. The van der Waals surface area contributed by atoms with Gasteiger partial charge in [-0.05, 0) is 34.0 Å². The molecule has 3 aromatic carbocycles. The molecule has 1 unspecified atom stereocenters. The minimum Gasteiger partial charge on any atom is -0.368 e. The van der Waals surface area contributed by atoms with E-state index in [0.717, 1.165) is 21.9 Å². The van der Waals surface area contributed by atoms with Crippen molar-refractivity contribution in [3.05, 3.63) is 83.4 Å². The summed E-state index contributed by atoms with van der Waals surface area (Å²) in [6.07, 6.45) is 0.463. The lowest BCUT2D eigenvalue weighted by molar-refractivity contribution is -0.122. The fourth-order valence-electron chi connectivity index (χ4n) is 3.48. The Morgan fingerprint density at radius 1 is 0.880 bits per heavy atom. The number of nitrogens with two attached hydrogens (primary N) is 1. The molecule has 2 amide bonds. The Bertz CT molecular complexity index is 980. The molecule has 124 valence electrons. The number of hydrogen-bond donors (Lipinski definition) is 1. The van der Waals surface area contributed by atoms with Crippen LogP contribution in [-0.4, -0.2) is 22.8 Å². The molecule has 1 aliphatic heterocycles. The van der Waals surface area contributed by atoms with E-state index in [9.17, 15) is 9.59 Å². The number of carbonyl (C=O) groups excluding carboxylic acids is 2. The predicted molar refractivity (Wildman–Crippen MR) is 96.9 cm³/mol. The van der Waals surface area contributed by atoms with E-state index < -0.39 is 11.9 Å². The highest BCUT2D eigenvalue weighted by Crippen LogP contribution is 2.26. The smallest absolute Gasteiger partial charge is 0.254 e. The minimum absolute atomic E-state index is 0.163. The number of primary amides is 1. The van der Waals surface area contributed by atoms with Crippen molar-refractivity contribution < 1.29 is 9.59 Å². The van der Waals surface area contributed by atoms with Crippen molar-refractivity contribution >= 4 is 22.6 Å². The first-order chi connectivity index (χ1) is 12.1. The van der Waals surface area contributed by atoms with Crippen molar-refractivity contribution in [3.8, 4) is 0 Å². The molecule has 25 heavy (non-hydrogen) atoms. The van der Waals surface area contributed by atoms with Gasteiger partial charge >= 0.3 is 0 Å². The molecular formula is C21H18N2O2. The van der Waals surface area contributed by atoms with Gasteiger partial charge in [0.1, 0.15) is 6.04 Å². The van der Waals surface area contributed by atoms with Crippen LogP contribution >= 0.6 is 0 Å². The fraction of sp³-hybridized carbons (Fsp3) is 0.143. The van der Waals surface area contributed by atoms with Gasteiger partial charge in [-0.15, -0.1) is 0 Å². The van der Waals surface area contributed by atoms with Crippen LogP contribution in [0, 0.1) is 0 Å². The highest BCUT2D eigenvalue weighted by Gasteiger charge is 2.33. The van der Waals surface area contributed by atoms with Crippen molar-refractivity contribution in [2.75, 3.05) is 0 Å². The summed E-state index contributed by atoms with van der Waals surface area (Å²) in [4.78, 5) is 26.6. The molecule has 1 heterocycles. The molecule has 0 aromatic heterocycles. The first-order valence-electron chi connectivity index (χ1n) is 8.29. The number of fused-ring (bicyclic) bond motifs is 2. The topological polar surface area (TPSA) is 63.4 Å². The zero-order valence-corrected chi connectivity index (χ0v) is 13.7. The number of amides is 2. The molecule has 2 N–H and O–H groups in total. The summed E-state index contributed by atoms with van der Waals surface area (Å²) in [5.74, 6) is -0.632. The molecule has 4 rings (SSSR count). The normalized spacial score (nSPS) is 16.5. The number of rotatable bonds is 2. The third-order valence-corrected chi connectivity index (χ3v) is 4.83. The van der Waals surface area contributed by atoms with Gasteiger partial charge in [-0.2, -0.15) is 0 Å². The van der Waals surface area contributed by atoms with E-state index in [1.807, 2.05) is 66.7 Å². The van der Waals surface area contributed by atoms with Gasteiger partial charge in [-0.1, -0.05) is 54.6 Å². The van der Waals surface area contributed by atoms with Gasteiger partial charge in [0.05, 0.1) is 0 Å². The monoisotopic (exact) mass is 330 g/mol. The predicted octanol–water partition coefficient (Wildman–Crippen LogP) is 2.89. The fourth-order valence-corrected chi connectivity index (χ4v) is 3.48. The van der Waals surface area contributed by atoms with Crippen molar-refractivity contribution in [1.82, 2.24) is 4.90 Å². The van der Waals surface area contributed by atoms with E-state index in [4.69, 9.17) is 5.73 Å². The number of benzene rings is 3. The van der Waals surface area contributed by atoms with Crippen molar-refractivity contribution in [2.45, 2.75) is 19.0 Å². The average Bonchev–Trinajstić information content (AvgIpc) is 2.66. The SMILES string of the molecule is NC(=O)C1Cc2ccccc2CN1C(=O)c1ccc2ccccc2c1. The lowest BCUT2D eigenvalue weighted by Crippen LogP contribution is -2.51. The molecule has 3 aromatic rings. The number of carbonyl (C=O) groups is 2. The second-order valence-electron chi connectivity index (χ2n) is 6.39. The number of hydrogen-bond acceptors (Lipinski definition) is 2. The summed E-state index contributed by atoms with van der Waals surface area (Å²) in [5.41, 5.74) is 8.30. The molecule has 0 aliphatic carbocycles. The molecule has 0 bridgehead atoms. The van der Waals surface area contributed by atoms with E-state index in [-0.39, 0.29) is 5.91 Å². The summed E-state index contributed by atoms with van der Waals surface area (Å²) in [5, 5.41) is 2.08. The Kier molecular flexibility index (Phi) is 3.73. The van der Waals surface area contributed by atoms with Crippen LogP contribution in [0.25, 0.3) is 10.8 Å². The van der Waals surface area contributed by atoms with E-state index in [1.54, 1.807) is 4.90 Å². The lowest BCUT2D eigenvalue weighted by Gasteiger charge is -2.35. The molecule has 4 heteroatoms. The van der Waals surface area contributed by atoms with Gasteiger partial charge in [0.2, 0.25) is 5.91 Å². The van der Waals surface area contributed by atoms with Crippen LogP contribution in [0.15, 0.2) is 66.7 Å². The summed E-state index contributed by atoms with van der Waals surface area (Å²) in [7, 11) is 0. The molecule has 1 atom stereocenters. The highest BCUT2D eigenvalue weighted by atomic mass is 16.2. The Balaban J connectivity index is 1.72. The van der Waals surface area contributed by atoms with Crippen molar-refractivity contribution in [1.29, 1.82) is 0 Å². The summed E-state index contributed by atoms with van der Waals surface area (Å²) >= 11 is 0. The molecular weight excluding hydrogens is 312 g/mol. The van der Waals surface area contributed by atoms with Crippen LogP contribution in [0.2, 0.25) is 0 Å². The first-order valence-corrected chi connectivity index (χ1v) is 8.29. The maximum absolute atomic E-state index is 13.1. The average molecular weight is 330 g/mol. The van der Waals surface area contributed by atoms with E-state index >= 15 is 0 Å². The van der Waals surface area contributed by atoms with Crippen molar-refractivity contribution in [3.63, 3.8) is 0 Å². The van der Waals surface area contributed by atoms with Crippen LogP contribution in [-0.2, 0) is 17.8 Å². The van der Waals surface area contributed by atoms with Crippen LogP contribution in [0.1, 0.15) is 21.5 Å². The largest absolute Gasteiger partial charge is 0.368 e. The van der Waals surface area contributed by atoms with Gasteiger partial charge in [0, 0.05) is 18.5 Å². The quantitative estimate of drug-likeness (QED) is 0.785. The maximum atomic E-state index is 13.1. The highest BCUT2D eigenvalue weighted by molar-refractivity contribution is 6.00. The van der Waals surface area contributed by atoms with Crippen LogP contribution in [0.3, 0.4) is 0 Å². The van der Waals surface area contributed by atoms with E-state index in [1.165, 1.54) is 0 Å². The standard InChI is InChI=1S/C21H18N2O2/c22-20(24)19-12-16-7-3-4-8-18(16)13-23(19)21(25)17-10-9-14-5-1-2-6-15(14)11-17/h1-11,19H,12-13H2,(H2,22,24). The molecule has 0 saturated carbocycles. The van der Waals surface area contributed by atoms with Gasteiger partial charge in [0.25, 0.3) is 5.91 Å². The van der Waals surface area contributed by atoms with E-state index in [2.05, 4.69) is 0 Å². The van der Waals surface area contributed by atoms with Gasteiger partial charge in [0.15, 0.2) is 0 Å². The lowest BCUT2D eigenvalue weighted by atomic mass is 9.92. The summed E-state index contributed by atoms with van der Waals surface area (Å²) in [6.45, 7) is 0.398. The minimum atomic E-state index is -0.617. The Morgan fingerprint density at radius 2 is 1.56 bits per heavy atom. The van der Waals surface area contributed by atoms with Crippen molar-refractivity contribution in [2.24, 2.45) is 5.73 Å². The molecule has 1 aliphatic rings. The summed E-state index contributed by atoms with van der Waals surface area (Å²) in [6, 6.07) is 20.8. The molecule has 4 nitrogen and oxygen atoms in total. The summed E-state index contributed by atoms with van der Waals surface area (Å²) < 4.78 is 0. The molecule has 0 fully saturated rings.